The van der Waals surface area contributed by atoms with Gasteiger partial charge in [0.15, 0.2) is 0 Å². The first-order chi connectivity index (χ1) is 14.1. The van der Waals surface area contributed by atoms with Crippen molar-refractivity contribution in [2.45, 2.75) is 38.4 Å². The van der Waals surface area contributed by atoms with Crippen LogP contribution in [0.25, 0.3) is 0 Å². The summed E-state index contributed by atoms with van der Waals surface area (Å²) in [6, 6.07) is 19.5. The first-order valence-corrected chi connectivity index (χ1v) is 10.4. The van der Waals surface area contributed by atoms with Gasteiger partial charge in [0, 0.05) is 11.9 Å². The molecule has 4 nitrogen and oxygen atoms in total. The van der Waals surface area contributed by atoms with Crippen molar-refractivity contribution in [2.75, 3.05) is 6.61 Å². The zero-order chi connectivity index (χ0) is 20.2. The maximum absolute atomic E-state index is 11.2. The Kier molecular flexibility index (Phi) is 6.02. The van der Waals surface area contributed by atoms with E-state index in [0.717, 1.165) is 37.1 Å². The van der Waals surface area contributed by atoms with E-state index in [0.29, 0.717) is 0 Å². The van der Waals surface area contributed by atoms with Crippen LogP contribution in [0.15, 0.2) is 66.9 Å². The van der Waals surface area contributed by atoms with Crippen molar-refractivity contribution in [3.8, 4) is 5.75 Å². The minimum Gasteiger partial charge on any atom is -0.508 e. The van der Waals surface area contributed by atoms with Crippen molar-refractivity contribution in [2.24, 2.45) is 11.8 Å². The van der Waals surface area contributed by atoms with Crippen LogP contribution in [-0.2, 0) is 17.6 Å². The van der Waals surface area contributed by atoms with Gasteiger partial charge < -0.3 is 19.9 Å². The van der Waals surface area contributed by atoms with Crippen LogP contribution >= 0.6 is 0 Å². The number of hydrogen-bond donors (Lipinski definition) is 3. The van der Waals surface area contributed by atoms with Crippen LogP contribution in [0, 0.1) is 11.8 Å². The summed E-state index contributed by atoms with van der Waals surface area (Å²) in [6.45, 7) is 2.95. The lowest BCUT2D eigenvalue weighted by Crippen LogP contribution is -2.26. The number of benzene rings is 2. The standard InChI is InChI=1S/C25H29NO3/c1-17(15-24-22-7-3-2-5-18(22)12-14-29-24)23(16-20-6-4-13-26-20)25(28)19-8-10-21(27)11-9-19/h2-11,13,17,23-28H,12,14-16H2,1H3. The van der Waals surface area contributed by atoms with E-state index in [4.69, 9.17) is 4.74 Å². The maximum Gasteiger partial charge on any atom is 0.115 e. The maximum atomic E-state index is 11.2. The molecular formula is C25H29NO3. The summed E-state index contributed by atoms with van der Waals surface area (Å²) >= 11 is 0. The Morgan fingerprint density at radius 3 is 2.62 bits per heavy atom. The highest BCUT2D eigenvalue weighted by Crippen LogP contribution is 2.39. The Bertz CT molecular complexity index is 904. The molecule has 2 aromatic carbocycles. The summed E-state index contributed by atoms with van der Waals surface area (Å²) in [5.74, 6) is 0.469. The minimum absolute atomic E-state index is 0.0240. The SMILES string of the molecule is CC(CC1OCCc2ccccc21)C(Cc1ccc[nH]1)C(O)c1ccc(O)cc1. The molecule has 1 aromatic heterocycles. The molecule has 0 saturated heterocycles. The second-order valence-corrected chi connectivity index (χ2v) is 8.12. The Balaban J connectivity index is 1.56. The van der Waals surface area contributed by atoms with Crippen LogP contribution in [0.4, 0.5) is 0 Å². The van der Waals surface area contributed by atoms with Crippen molar-refractivity contribution < 1.29 is 14.9 Å². The van der Waals surface area contributed by atoms with Gasteiger partial charge in [0.05, 0.1) is 18.8 Å². The molecule has 0 amide bonds. The zero-order valence-electron chi connectivity index (χ0n) is 16.8. The van der Waals surface area contributed by atoms with E-state index in [1.807, 2.05) is 12.3 Å². The summed E-state index contributed by atoms with van der Waals surface area (Å²) < 4.78 is 6.14. The zero-order valence-corrected chi connectivity index (χ0v) is 16.8. The molecule has 1 aliphatic rings. The van der Waals surface area contributed by atoms with Gasteiger partial charge in [-0.25, -0.2) is 0 Å². The Morgan fingerprint density at radius 2 is 1.86 bits per heavy atom. The number of aromatic hydroxyl groups is 1. The molecule has 4 unspecified atom stereocenters. The number of phenolic OH excluding ortho intramolecular Hbond substituents is 1. The number of phenols is 1. The number of ether oxygens (including phenoxy) is 1. The molecule has 4 rings (SSSR count). The highest BCUT2D eigenvalue weighted by atomic mass is 16.5. The van der Waals surface area contributed by atoms with E-state index >= 15 is 0 Å². The second-order valence-electron chi connectivity index (χ2n) is 8.12. The lowest BCUT2D eigenvalue weighted by Gasteiger charge is -2.33. The predicted molar refractivity (Wildman–Crippen MR) is 114 cm³/mol. The van der Waals surface area contributed by atoms with Crippen LogP contribution in [0.2, 0.25) is 0 Å². The molecular weight excluding hydrogens is 362 g/mol. The third-order valence-corrected chi connectivity index (χ3v) is 6.17. The van der Waals surface area contributed by atoms with Gasteiger partial charge in [-0.2, -0.15) is 0 Å². The third-order valence-electron chi connectivity index (χ3n) is 6.17. The van der Waals surface area contributed by atoms with Crippen LogP contribution in [0.1, 0.15) is 47.9 Å². The van der Waals surface area contributed by atoms with Gasteiger partial charge >= 0.3 is 0 Å². The topological polar surface area (TPSA) is 65.5 Å². The summed E-state index contributed by atoms with van der Waals surface area (Å²) in [4.78, 5) is 3.27. The minimum atomic E-state index is -0.618. The van der Waals surface area contributed by atoms with Gasteiger partial charge in [0.25, 0.3) is 0 Å². The van der Waals surface area contributed by atoms with E-state index in [2.05, 4.69) is 42.2 Å². The van der Waals surface area contributed by atoms with Gasteiger partial charge in [-0.1, -0.05) is 43.3 Å². The molecule has 0 bridgehead atoms. The van der Waals surface area contributed by atoms with Gasteiger partial charge in [0.2, 0.25) is 0 Å². The molecule has 0 saturated carbocycles. The first-order valence-electron chi connectivity index (χ1n) is 10.4. The summed E-state index contributed by atoms with van der Waals surface area (Å²) in [6.07, 6.45) is 3.94. The van der Waals surface area contributed by atoms with Crippen LogP contribution in [0.3, 0.4) is 0 Å². The highest BCUT2D eigenvalue weighted by molar-refractivity contribution is 5.31. The molecule has 0 aliphatic carbocycles. The molecule has 4 heteroatoms. The van der Waals surface area contributed by atoms with Crippen molar-refractivity contribution in [1.29, 1.82) is 0 Å². The molecule has 3 aromatic rings. The normalized spacial score (nSPS) is 19.3. The fourth-order valence-corrected chi connectivity index (χ4v) is 4.48. The molecule has 152 valence electrons. The van der Waals surface area contributed by atoms with Gasteiger partial charge in [0.1, 0.15) is 5.75 Å². The van der Waals surface area contributed by atoms with Crippen LogP contribution in [0.5, 0.6) is 5.75 Å². The first kappa shape index (κ1) is 19.7. The molecule has 2 heterocycles. The van der Waals surface area contributed by atoms with E-state index in [1.165, 1.54) is 11.1 Å². The number of aromatic nitrogens is 1. The number of fused-ring (bicyclic) bond motifs is 1. The molecule has 3 N–H and O–H groups in total. The molecule has 1 aliphatic heterocycles. The average molecular weight is 392 g/mol. The van der Waals surface area contributed by atoms with Crippen molar-refractivity contribution in [3.05, 3.63) is 89.2 Å². The second kappa shape index (κ2) is 8.85. The van der Waals surface area contributed by atoms with Crippen molar-refractivity contribution in [1.82, 2.24) is 4.98 Å². The molecule has 0 spiro atoms. The lowest BCUT2D eigenvalue weighted by molar-refractivity contribution is 0.00346. The fourth-order valence-electron chi connectivity index (χ4n) is 4.48. The number of aromatic amines is 1. The molecule has 0 radical (unpaired) electrons. The Labute approximate surface area is 172 Å². The quantitative estimate of drug-likeness (QED) is 0.534. The Morgan fingerprint density at radius 1 is 1.07 bits per heavy atom. The van der Waals surface area contributed by atoms with Gasteiger partial charge in [-0.15, -0.1) is 0 Å². The highest BCUT2D eigenvalue weighted by Gasteiger charge is 2.31. The smallest absolute Gasteiger partial charge is 0.115 e. The summed E-state index contributed by atoms with van der Waals surface area (Å²) in [5, 5.41) is 20.8. The van der Waals surface area contributed by atoms with E-state index in [-0.39, 0.29) is 23.7 Å². The van der Waals surface area contributed by atoms with Crippen LogP contribution in [-0.4, -0.2) is 21.8 Å². The number of aliphatic hydroxyl groups excluding tert-OH is 1. The van der Waals surface area contributed by atoms with Gasteiger partial charge in [-0.3, -0.25) is 0 Å². The molecule has 0 fully saturated rings. The summed E-state index contributed by atoms with van der Waals surface area (Å²) in [5.41, 5.74) is 4.60. The van der Waals surface area contributed by atoms with E-state index in [1.54, 1.807) is 24.3 Å². The molecule has 29 heavy (non-hydrogen) atoms. The number of nitrogens with one attached hydrogen (secondary N) is 1. The number of H-pyrrole nitrogens is 1. The Hall–Kier alpha value is -2.56. The predicted octanol–water partition coefficient (Wildman–Crippen LogP) is 4.95. The fraction of sp³-hybridized carbons (Fsp3) is 0.360. The van der Waals surface area contributed by atoms with Crippen LogP contribution < -0.4 is 0 Å². The van der Waals surface area contributed by atoms with E-state index in [9.17, 15) is 10.2 Å². The number of rotatable bonds is 7. The van der Waals surface area contributed by atoms with Gasteiger partial charge in [-0.05, 0) is 72.1 Å². The number of hydrogen-bond acceptors (Lipinski definition) is 3. The molecule has 4 atom stereocenters. The largest absolute Gasteiger partial charge is 0.508 e. The lowest BCUT2D eigenvalue weighted by atomic mass is 9.78. The monoisotopic (exact) mass is 391 g/mol. The third kappa shape index (κ3) is 4.55. The van der Waals surface area contributed by atoms with E-state index < -0.39 is 6.10 Å². The summed E-state index contributed by atoms with van der Waals surface area (Å²) in [7, 11) is 0. The number of aliphatic hydroxyl groups is 1. The van der Waals surface area contributed by atoms with Crippen molar-refractivity contribution in [3.63, 3.8) is 0 Å². The average Bonchev–Trinajstić information content (AvgIpc) is 3.26. The van der Waals surface area contributed by atoms with Crippen molar-refractivity contribution >= 4 is 0 Å².